The highest BCUT2D eigenvalue weighted by Crippen LogP contribution is 2.27. The maximum Gasteiger partial charge on any atom is 0.312 e. The van der Waals surface area contributed by atoms with E-state index in [-0.39, 0.29) is 18.4 Å². The van der Waals surface area contributed by atoms with Gasteiger partial charge in [0, 0.05) is 13.2 Å². The molecule has 33 heavy (non-hydrogen) atoms. The number of carboxylic acids is 1. The van der Waals surface area contributed by atoms with E-state index in [9.17, 15) is 14.4 Å². The number of likely N-dealkylation sites (N-methyl/N-ethyl adjacent to an activating group) is 1. The zero-order chi connectivity index (χ0) is 25.7. The van der Waals surface area contributed by atoms with E-state index in [0.29, 0.717) is 37.3 Å². The first-order valence-electron chi connectivity index (χ1n) is 12.1. The first kappa shape index (κ1) is 31.3. The molecule has 0 rings (SSSR count). The van der Waals surface area contributed by atoms with Crippen LogP contribution in [0.2, 0.25) is 0 Å². The molecule has 0 radical (unpaired) electrons. The number of rotatable bonds is 18. The predicted molar refractivity (Wildman–Crippen MR) is 128 cm³/mol. The molecule has 0 heterocycles. The third kappa shape index (κ3) is 15.0. The highest BCUT2D eigenvalue weighted by atomic mass is 16.5. The van der Waals surface area contributed by atoms with E-state index in [1.54, 1.807) is 0 Å². The lowest BCUT2D eigenvalue weighted by Gasteiger charge is -2.31. The third-order valence-electron chi connectivity index (χ3n) is 5.49. The van der Waals surface area contributed by atoms with Gasteiger partial charge in [-0.3, -0.25) is 14.4 Å². The Morgan fingerprint density at radius 2 is 1.33 bits per heavy atom. The molecule has 0 aliphatic carbocycles. The molecule has 1 N–H and O–H groups in total. The molecule has 194 valence electrons. The molecule has 8 heteroatoms. The van der Waals surface area contributed by atoms with Crippen molar-refractivity contribution in [2.75, 3.05) is 47.5 Å². The van der Waals surface area contributed by atoms with Gasteiger partial charge < -0.3 is 23.8 Å². The summed E-state index contributed by atoms with van der Waals surface area (Å²) in [6, 6.07) is 0. The van der Waals surface area contributed by atoms with Gasteiger partial charge in [-0.15, -0.1) is 0 Å². The second-order valence-corrected chi connectivity index (χ2v) is 11.1. The lowest BCUT2D eigenvalue weighted by atomic mass is 9.87. The fourth-order valence-electron chi connectivity index (χ4n) is 3.43. The second kappa shape index (κ2) is 14.6. The van der Waals surface area contributed by atoms with Crippen LogP contribution in [0.5, 0.6) is 0 Å². The number of aliphatic carboxylic acids is 1. The van der Waals surface area contributed by atoms with Crippen LogP contribution in [-0.4, -0.2) is 81.1 Å². The van der Waals surface area contributed by atoms with E-state index < -0.39 is 22.9 Å². The van der Waals surface area contributed by atoms with Crippen LogP contribution in [0.25, 0.3) is 0 Å². The van der Waals surface area contributed by atoms with Crippen molar-refractivity contribution in [3.63, 3.8) is 0 Å². The Morgan fingerprint density at radius 1 is 0.848 bits per heavy atom. The van der Waals surface area contributed by atoms with Crippen LogP contribution in [0.4, 0.5) is 0 Å². The molecule has 1 atom stereocenters. The van der Waals surface area contributed by atoms with Crippen LogP contribution < -0.4 is 0 Å². The maximum absolute atomic E-state index is 12.7. The molecule has 8 nitrogen and oxygen atoms in total. The van der Waals surface area contributed by atoms with E-state index >= 15 is 0 Å². The quantitative estimate of drug-likeness (QED) is 0.182. The SMILES string of the molecule is CCOC(=O)C(C)(C)CCCCOCCCCC(C)(C)C(=O)OC(CC(=O)O)C[N+](C)(C)C. The molecule has 0 amide bonds. The number of carbonyl (C=O) groups is 3. The van der Waals surface area contributed by atoms with Gasteiger partial charge in [0.15, 0.2) is 6.10 Å². The number of esters is 2. The van der Waals surface area contributed by atoms with Gasteiger partial charge in [0.25, 0.3) is 0 Å². The largest absolute Gasteiger partial charge is 0.481 e. The Kier molecular flexibility index (Phi) is 13.8. The molecule has 0 bridgehead atoms. The van der Waals surface area contributed by atoms with Gasteiger partial charge in [0.05, 0.1) is 45.0 Å². The molecule has 0 aliphatic heterocycles. The van der Waals surface area contributed by atoms with Crippen molar-refractivity contribution in [3.05, 3.63) is 0 Å². The Labute approximate surface area is 200 Å². The van der Waals surface area contributed by atoms with Crippen molar-refractivity contribution in [2.45, 2.75) is 85.7 Å². The second-order valence-electron chi connectivity index (χ2n) is 11.1. The van der Waals surface area contributed by atoms with Crippen LogP contribution in [-0.2, 0) is 28.6 Å². The monoisotopic (exact) mass is 474 g/mol. The number of hydrogen-bond acceptors (Lipinski definition) is 6. The molecule has 0 aromatic carbocycles. The lowest BCUT2D eigenvalue weighted by Crippen LogP contribution is -2.45. The molecule has 0 aromatic heterocycles. The molecule has 0 fully saturated rings. The normalized spacial score (nSPS) is 13.5. The Morgan fingerprint density at radius 3 is 1.76 bits per heavy atom. The summed E-state index contributed by atoms with van der Waals surface area (Å²) >= 11 is 0. The maximum atomic E-state index is 12.7. The van der Waals surface area contributed by atoms with E-state index in [1.807, 2.05) is 55.8 Å². The standard InChI is InChI=1S/C25H47NO7/c1-9-32-22(29)24(2,3)14-10-12-16-31-17-13-11-15-25(4,5)23(30)33-20(18-21(27)28)19-26(6,7)8/h20H,9-19H2,1-8H3/p+1. The highest BCUT2D eigenvalue weighted by molar-refractivity contribution is 5.77. The molecular formula is C25H48NO7+. The highest BCUT2D eigenvalue weighted by Gasteiger charge is 2.33. The minimum absolute atomic E-state index is 0.154. The van der Waals surface area contributed by atoms with Crippen LogP contribution in [0.3, 0.4) is 0 Å². The van der Waals surface area contributed by atoms with Gasteiger partial charge in [0.1, 0.15) is 6.54 Å². The Hall–Kier alpha value is -1.67. The average Bonchev–Trinajstić information content (AvgIpc) is 2.64. The van der Waals surface area contributed by atoms with Gasteiger partial charge in [-0.1, -0.05) is 12.8 Å². The first-order valence-corrected chi connectivity index (χ1v) is 12.1. The summed E-state index contributed by atoms with van der Waals surface area (Å²) in [4.78, 5) is 35.7. The summed E-state index contributed by atoms with van der Waals surface area (Å²) in [5.41, 5.74) is -1.15. The number of quaternary nitrogens is 1. The molecule has 1 unspecified atom stereocenters. The van der Waals surface area contributed by atoms with Crippen LogP contribution >= 0.6 is 0 Å². The number of hydrogen-bond donors (Lipinski definition) is 1. The average molecular weight is 475 g/mol. The van der Waals surface area contributed by atoms with Gasteiger partial charge in [-0.2, -0.15) is 0 Å². The zero-order valence-electron chi connectivity index (χ0n) is 22.2. The van der Waals surface area contributed by atoms with E-state index in [4.69, 9.17) is 19.3 Å². The molecule has 0 spiro atoms. The van der Waals surface area contributed by atoms with Crippen molar-refractivity contribution >= 4 is 17.9 Å². The minimum Gasteiger partial charge on any atom is -0.481 e. The molecule has 0 aliphatic rings. The smallest absolute Gasteiger partial charge is 0.312 e. The lowest BCUT2D eigenvalue weighted by molar-refractivity contribution is -0.873. The summed E-state index contributed by atoms with van der Waals surface area (Å²) in [7, 11) is 5.82. The van der Waals surface area contributed by atoms with Crippen LogP contribution in [0.1, 0.15) is 79.6 Å². The molecule has 0 saturated carbocycles. The van der Waals surface area contributed by atoms with Crippen LogP contribution in [0.15, 0.2) is 0 Å². The third-order valence-corrected chi connectivity index (χ3v) is 5.49. The fourth-order valence-corrected chi connectivity index (χ4v) is 3.43. The van der Waals surface area contributed by atoms with Gasteiger partial charge in [-0.25, -0.2) is 0 Å². The van der Waals surface area contributed by atoms with E-state index in [2.05, 4.69) is 0 Å². The Bertz CT molecular complexity index is 608. The van der Waals surface area contributed by atoms with Crippen molar-refractivity contribution in [1.82, 2.24) is 0 Å². The molecule has 0 saturated heterocycles. The van der Waals surface area contributed by atoms with Crippen molar-refractivity contribution in [2.24, 2.45) is 10.8 Å². The number of carbonyl (C=O) groups excluding carboxylic acids is 2. The minimum atomic E-state index is -0.972. The topological polar surface area (TPSA) is 99.1 Å². The number of unbranched alkanes of at least 4 members (excludes halogenated alkanes) is 2. The Balaban J connectivity index is 4.18. The summed E-state index contributed by atoms with van der Waals surface area (Å²) in [6.45, 7) is 11.4. The zero-order valence-corrected chi connectivity index (χ0v) is 22.2. The van der Waals surface area contributed by atoms with Crippen molar-refractivity contribution in [1.29, 1.82) is 0 Å². The van der Waals surface area contributed by atoms with Crippen LogP contribution in [0, 0.1) is 10.8 Å². The number of carboxylic acid groups (broad SMARTS) is 1. The fraction of sp³-hybridized carbons (Fsp3) is 0.880. The molecule has 0 aromatic rings. The summed E-state index contributed by atoms with van der Waals surface area (Å²) in [5.74, 6) is -1.48. The summed E-state index contributed by atoms with van der Waals surface area (Å²) < 4.78 is 16.9. The van der Waals surface area contributed by atoms with Gasteiger partial charge in [-0.05, 0) is 60.3 Å². The number of nitrogens with zero attached hydrogens (tertiary/aromatic N) is 1. The molecular weight excluding hydrogens is 426 g/mol. The van der Waals surface area contributed by atoms with Crippen molar-refractivity contribution in [3.8, 4) is 0 Å². The van der Waals surface area contributed by atoms with Crippen molar-refractivity contribution < 1.29 is 38.2 Å². The number of ether oxygens (including phenoxy) is 3. The summed E-state index contributed by atoms with van der Waals surface area (Å²) in [6.07, 6.45) is 4.01. The van der Waals surface area contributed by atoms with Gasteiger partial charge >= 0.3 is 17.9 Å². The predicted octanol–water partition coefficient (Wildman–Crippen LogP) is 4.05. The summed E-state index contributed by atoms with van der Waals surface area (Å²) in [5, 5.41) is 9.13. The first-order chi connectivity index (χ1) is 15.1. The van der Waals surface area contributed by atoms with E-state index in [0.717, 1.165) is 32.1 Å². The van der Waals surface area contributed by atoms with Gasteiger partial charge in [0.2, 0.25) is 0 Å². The van der Waals surface area contributed by atoms with E-state index in [1.165, 1.54) is 0 Å².